The number of hydrogen-bond acceptors (Lipinski definition) is 6. The van der Waals surface area contributed by atoms with Crippen molar-refractivity contribution in [2.24, 2.45) is 10.9 Å². The first-order chi connectivity index (χ1) is 14.9. The van der Waals surface area contributed by atoms with Crippen molar-refractivity contribution < 1.29 is 19.1 Å². The Morgan fingerprint density at radius 1 is 1.00 bits per heavy atom. The predicted molar refractivity (Wildman–Crippen MR) is 120 cm³/mol. The van der Waals surface area contributed by atoms with Gasteiger partial charge in [-0.1, -0.05) is 26.0 Å². The molecule has 0 aromatic heterocycles. The summed E-state index contributed by atoms with van der Waals surface area (Å²) in [7, 11) is 4.71. The van der Waals surface area contributed by atoms with Crippen LogP contribution in [-0.4, -0.2) is 38.8 Å². The average Bonchev–Trinajstić information content (AvgIpc) is 2.77. The van der Waals surface area contributed by atoms with Crippen LogP contribution in [0.3, 0.4) is 0 Å². The van der Waals surface area contributed by atoms with Gasteiger partial charge in [-0.15, -0.1) is 0 Å². The van der Waals surface area contributed by atoms with Crippen molar-refractivity contribution in [2.75, 3.05) is 27.9 Å². The molecule has 2 aromatic rings. The van der Waals surface area contributed by atoms with Crippen LogP contribution >= 0.6 is 0 Å². The van der Waals surface area contributed by atoms with E-state index in [1.807, 2.05) is 12.1 Å². The molecule has 168 valence electrons. The third kappa shape index (κ3) is 7.06. The Balaban J connectivity index is 2.16. The van der Waals surface area contributed by atoms with Crippen LogP contribution < -0.4 is 24.8 Å². The van der Waals surface area contributed by atoms with Gasteiger partial charge >= 0.3 is 0 Å². The smallest absolute Gasteiger partial charge is 0.269 e. The first kappa shape index (κ1) is 23.8. The molecule has 0 aliphatic carbocycles. The highest BCUT2D eigenvalue weighted by atomic mass is 16.6. The highest BCUT2D eigenvalue weighted by molar-refractivity contribution is 5.79. The van der Waals surface area contributed by atoms with Gasteiger partial charge in [-0.05, 0) is 29.2 Å². The van der Waals surface area contributed by atoms with Crippen molar-refractivity contribution in [1.29, 1.82) is 0 Å². The summed E-state index contributed by atoms with van der Waals surface area (Å²) < 4.78 is 16.2. The van der Waals surface area contributed by atoms with Crippen LogP contribution in [0.15, 0.2) is 41.4 Å². The molecule has 2 N–H and O–H groups in total. The number of nitrogens with zero attached hydrogens (tertiary/aromatic N) is 2. The predicted octanol–water partition coefficient (Wildman–Crippen LogP) is 3.51. The first-order valence-corrected chi connectivity index (χ1v) is 9.92. The van der Waals surface area contributed by atoms with Gasteiger partial charge in [-0.3, -0.25) is 10.1 Å². The number of guanidine groups is 1. The number of aliphatic imine (C=N–C) groups is 1. The fourth-order valence-corrected chi connectivity index (χ4v) is 2.79. The lowest BCUT2D eigenvalue weighted by Gasteiger charge is -2.16. The van der Waals surface area contributed by atoms with Crippen LogP contribution in [0.5, 0.6) is 17.2 Å². The Labute approximate surface area is 182 Å². The van der Waals surface area contributed by atoms with Gasteiger partial charge in [0.25, 0.3) is 5.69 Å². The van der Waals surface area contributed by atoms with E-state index in [4.69, 9.17) is 14.2 Å². The molecular weight excluding hydrogens is 400 g/mol. The normalized spacial score (nSPS) is 11.2. The molecule has 0 atom stereocenters. The maximum absolute atomic E-state index is 10.8. The minimum Gasteiger partial charge on any atom is -0.493 e. The molecule has 0 saturated heterocycles. The van der Waals surface area contributed by atoms with Gasteiger partial charge in [0.15, 0.2) is 17.5 Å². The van der Waals surface area contributed by atoms with E-state index in [-0.39, 0.29) is 5.69 Å². The molecule has 0 unspecified atom stereocenters. The zero-order chi connectivity index (χ0) is 22.8. The average molecular weight is 431 g/mol. The molecule has 2 rings (SSSR count). The standard InChI is InChI=1S/C22H30N4O5/c1-15(2)12-23-22(24-13-16-6-8-18(9-7-16)26(27)28)25-14-17-10-19(29-3)21(31-5)20(11-17)30-4/h6-11,15H,12-14H2,1-5H3,(H2,23,24,25). The van der Waals surface area contributed by atoms with Crippen LogP contribution in [0, 0.1) is 16.0 Å². The topological polar surface area (TPSA) is 107 Å². The zero-order valence-electron chi connectivity index (χ0n) is 18.6. The number of ether oxygens (including phenoxy) is 3. The van der Waals surface area contributed by atoms with Crippen molar-refractivity contribution in [1.82, 2.24) is 10.6 Å². The highest BCUT2D eigenvalue weighted by Gasteiger charge is 2.13. The summed E-state index contributed by atoms with van der Waals surface area (Å²) in [4.78, 5) is 15.1. The molecule has 0 spiro atoms. The minimum atomic E-state index is -0.411. The van der Waals surface area contributed by atoms with E-state index in [9.17, 15) is 10.1 Å². The highest BCUT2D eigenvalue weighted by Crippen LogP contribution is 2.38. The number of rotatable bonds is 10. The van der Waals surface area contributed by atoms with E-state index in [1.54, 1.807) is 33.5 Å². The first-order valence-electron chi connectivity index (χ1n) is 9.92. The van der Waals surface area contributed by atoms with Crippen LogP contribution in [0.25, 0.3) is 0 Å². The summed E-state index contributed by atoms with van der Waals surface area (Å²) in [5, 5.41) is 17.4. The van der Waals surface area contributed by atoms with E-state index < -0.39 is 4.92 Å². The lowest BCUT2D eigenvalue weighted by Crippen LogP contribution is -2.38. The molecule has 0 saturated carbocycles. The summed E-state index contributed by atoms with van der Waals surface area (Å²) in [6, 6.07) is 10.2. The van der Waals surface area contributed by atoms with Gasteiger partial charge in [0.1, 0.15) is 0 Å². The molecule has 0 aliphatic heterocycles. The van der Waals surface area contributed by atoms with Gasteiger partial charge in [0.2, 0.25) is 5.75 Å². The van der Waals surface area contributed by atoms with Crippen molar-refractivity contribution in [3.05, 3.63) is 57.6 Å². The van der Waals surface area contributed by atoms with Crippen LogP contribution in [0.1, 0.15) is 25.0 Å². The number of non-ortho nitro benzene ring substituents is 1. The molecular formula is C22H30N4O5. The van der Waals surface area contributed by atoms with E-state index in [0.29, 0.717) is 42.2 Å². The monoisotopic (exact) mass is 430 g/mol. The second-order valence-electron chi connectivity index (χ2n) is 7.25. The lowest BCUT2D eigenvalue weighted by molar-refractivity contribution is -0.384. The summed E-state index contributed by atoms with van der Waals surface area (Å²) in [5.41, 5.74) is 1.88. The Bertz CT molecular complexity index is 872. The van der Waals surface area contributed by atoms with E-state index in [0.717, 1.165) is 17.7 Å². The summed E-state index contributed by atoms with van der Waals surface area (Å²) >= 11 is 0. The lowest BCUT2D eigenvalue weighted by atomic mass is 10.2. The quantitative estimate of drug-likeness (QED) is 0.257. The molecule has 0 bridgehead atoms. The van der Waals surface area contributed by atoms with Crippen LogP contribution in [-0.2, 0) is 13.1 Å². The fraction of sp³-hybridized carbons (Fsp3) is 0.409. The number of benzene rings is 2. The molecule has 0 radical (unpaired) electrons. The van der Waals surface area contributed by atoms with Crippen molar-refractivity contribution in [3.63, 3.8) is 0 Å². The van der Waals surface area contributed by atoms with E-state index >= 15 is 0 Å². The van der Waals surface area contributed by atoms with Gasteiger partial charge in [-0.25, -0.2) is 4.99 Å². The number of nitro benzene ring substituents is 1. The summed E-state index contributed by atoms with van der Waals surface area (Å²) in [6.07, 6.45) is 0. The second kappa shape index (κ2) is 11.6. The van der Waals surface area contributed by atoms with Crippen LogP contribution in [0.2, 0.25) is 0 Å². The summed E-state index contributed by atoms with van der Waals surface area (Å²) in [5.74, 6) is 2.76. The van der Waals surface area contributed by atoms with Gasteiger partial charge in [-0.2, -0.15) is 0 Å². The molecule has 0 heterocycles. The molecule has 9 heteroatoms. The van der Waals surface area contributed by atoms with Crippen molar-refractivity contribution in [2.45, 2.75) is 26.9 Å². The van der Waals surface area contributed by atoms with Crippen molar-refractivity contribution in [3.8, 4) is 17.2 Å². The third-order valence-electron chi connectivity index (χ3n) is 4.43. The Morgan fingerprint density at radius 3 is 2.10 bits per heavy atom. The zero-order valence-corrected chi connectivity index (χ0v) is 18.6. The molecule has 0 fully saturated rings. The van der Waals surface area contributed by atoms with E-state index in [2.05, 4.69) is 29.5 Å². The maximum atomic E-state index is 10.8. The molecule has 31 heavy (non-hydrogen) atoms. The SMILES string of the molecule is COc1cc(CN=C(NCc2ccc([N+](=O)[O-])cc2)NCC(C)C)cc(OC)c1OC. The summed E-state index contributed by atoms with van der Waals surface area (Å²) in [6.45, 7) is 5.85. The van der Waals surface area contributed by atoms with Crippen molar-refractivity contribution >= 4 is 11.6 Å². The van der Waals surface area contributed by atoms with E-state index in [1.165, 1.54) is 12.1 Å². The third-order valence-corrected chi connectivity index (χ3v) is 4.43. The Kier molecular flexibility index (Phi) is 8.93. The fourth-order valence-electron chi connectivity index (χ4n) is 2.79. The largest absolute Gasteiger partial charge is 0.493 e. The van der Waals surface area contributed by atoms with Gasteiger partial charge < -0.3 is 24.8 Å². The maximum Gasteiger partial charge on any atom is 0.269 e. The number of methoxy groups -OCH3 is 3. The second-order valence-corrected chi connectivity index (χ2v) is 7.25. The molecule has 2 aromatic carbocycles. The molecule has 0 amide bonds. The number of hydrogen-bond donors (Lipinski definition) is 2. The number of nitro groups is 1. The van der Waals surface area contributed by atoms with Gasteiger partial charge in [0, 0.05) is 25.2 Å². The molecule has 0 aliphatic rings. The van der Waals surface area contributed by atoms with Gasteiger partial charge in [0.05, 0.1) is 32.8 Å². The molecule has 9 nitrogen and oxygen atoms in total. The Morgan fingerprint density at radius 2 is 1.61 bits per heavy atom. The minimum absolute atomic E-state index is 0.0676. The Hall–Kier alpha value is -3.49. The van der Waals surface area contributed by atoms with Crippen LogP contribution in [0.4, 0.5) is 5.69 Å². The number of nitrogens with one attached hydrogen (secondary N) is 2.